The van der Waals surface area contributed by atoms with Gasteiger partial charge in [0, 0.05) is 18.6 Å². The summed E-state index contributed by atoms with van der Waals surface area (Å²) in [5.41, 5.74) is 3.73. The summed E-state index contributed by atoms with van der Waals surface area (Å²) in [6.45, 7) is 0. The van der Waals surface area contributed by atoms with Crippen LogP contribution in [0, 0.1) is 0 Å². The number of aromatic nitrogens is 3. The fourth-order valence-corrected chi connectivity index (χ4v) is 1.89. The van der Waals surface area contributed by atoms with Gasteiger partial charge in [-0.2, -0.15) is 5.10 Å². The van der Waals surface area contributed by atoms with E-state index in [4.69, 9.17) is 0 Å². The molecule has 3 heterocycles. The Labute approximate surface area is 133 Å². The van der Waals surface area contributed by atoms with E-state index in [0.29, 0.717) is 17.2 Å². The second-order valence-electron chi connectivity index (χ2n) is 4.55. The monoisotopic (exact) mass is 303 g/mol. The Morgan fingerprint density at radius 1 is 0.783 bits per heavy atom. The molecule has 0 aliphatic rings. The van der Waals surface area contributed by atoms with Crippen LogP contribution >= 0.6 is 0 Å². The first-order valence-electron chi connectivity index (χ1n) is 6.96. The van der Waals surface area contributed by atoms with Crippen LogP contribution in [-0.4, -0.2) is 26.4 Å². The highest BCUT2D eigenvalue weighted by molar-refractivity contribution is 6.50. The molecule has 0 fully saturated rings. The number of hydrogen-bond acceptors (Lipinski definition) is 6. The van der Waals surface area contributed by atoms with Gasteiger partial charge in [0.25, 0.3) is 0 Å². The molecule has 0 unspecified atom stereocenters. The molecule has 0 saturated carbocycles. The van der Waals surface area contributed by atoms with E-state index < -0.39 is 0 Å². The zero-order valence-corrected chi connectivity index (χ0v) is 12.1. The molecule has 0 bridgehead atoms. The van der Waals surface area contributed by atoms with E-state index in [0.717, 1.165) is 0 Å². The van der Waals surface area contributed by atoms with Crippen molar-refractivity contribution in [2.24, 2.45) is 5.10 Å². The van der Waals surface area contributed by atoms with Crippen LogP contribution < -0.4 is 5.43 Å². The summed E-state index contributed by atoms with van der Waals surface area (Å²) in [6.07, 6.45) is 4.81. The highest BCUT2D eigenvalue weighted by Gasteiger charge is 2.18. The molecule has 3 aromatic heterocycles. The summed E-state index contributed by atoms with van der Waals surface area (Å²) in [7, 11) is 0. The van der Waals surface area contributed by atoms with E-state index in [-0.39, 0.29) is 11.5 Å². The molecule has 6 nitrogen and oxygen atoms in total. The predicted molar refractivity (Wildman–Crippen MR) is 87.2 cm³/mol. The molecule has 3 rings (SSSR count). The molecule has 0 radical (unpaired) electrons. The molecular weight excluding hydrogens is 290 g/mol. The van der Waals surface area contributed by atoms with Gasteiger partial charge in [0.05, 0.1) is 5.69 Å². The molecule has 0 saturated heterocycles. The largest absolute Gasteiger partial charge is 0.285 e. The first-order valence-corrected chi connectivity index (χ1v) is 6.96. The third kappa shape index (κ3) is 3.62. The van der Waals surface area contributed by atoms with Gasteiger partial charge in [-0.1, -0.05) is 18.2 Å². The number of Topliss-reactive ketones (excluding diaryl/α,β-unsaturated/α-hetero) is 1. The van der Waals surface area contributed by atoms with Crippen molar-refractivity contribution in [2.45, 2.75) is 0 Å². The van der Waals surface area contributed by atoms with E-state index >= 15 is 0 Å². The zero-order chi connectivity index (χ0) is 15.9. The van der Waals surface area contributed by atoms with E-state index in [1.54, 1.807) is 67.1 Å². The number of ketones is 1. The maximum Gasteiger partial charge on any atom is 0.233 e. The first-order chi connectivity index (χ1) is 11.3. The SMILES string of the molecule is O=C(/C(=N/Nc1ccccn1)c1ccccn1)c1ccccn1. The minimum Gasteiger partial charge on any atom is -0.285 e. The van der Waals surface area contributed by atoms with Crippen molar-refractivity contribution in [3.63, 3.8) is 0 Å². The molecule has 23 heavy (non-hydrogen) atoms. The van der Waals surface area contributed by atoms with Crippen molar-refractivity contribution in [3.8, 4) is 0 Å². The first kappa shape index (κ1) is 14.5. The summed E-state index contributed by atoms with van der Waals surface area (Å²) in [5, 5.41) is 4.19. The highest BCUT2D eigenvalue weighted by Crippen LogP contribution is 2.07. The zero-order valence-electron chi connectivity index (χ0n) is 12.1. The van der Waals surface area contributed by atoms with Gasteiger partial charge in [0.1, 0.15) is 11.5 Å². The van der Waals surface area contributed by atoms with Crippen molar-refractivity contribution < 1.29 is 4.79 Å². The number of carbonyl (C=O) groups is 1. The molecule has 0 spiro atoms. The van der Waals surface area contributed by atoms with Crippen LogP contribution in [0.15, 0.2) is 78.3 Å². The topological polar surface area (TPSA) is 80.1 Å². The maximum atomic E-state index is 12.7. The lowest BCUT2D eigenvalue weighted by Crippen LogP contribution is -2.20. The fraction of sp³-hybridized carbons (Fsp3) is 0. The normalized spacial score (nSPS) is 11.0. The van der Waals surface area contributed by atoms with Gasteiger partial charge in [0.2, 0.25) is 5.78 Å². The molecule has 112 valence electrons. The van der Waals surface area contributed by atoms with E-state index in [1.165, 1.54) is 0 Å². The highest BCUT2D eigenvalue weighted by atomic mass is 16.1. The molecule has 0 atom stereocenters. The number of carbonyl (C=O) groups excluding carboxylic acids is 1. The Morgan fingerprint density at radius 3 is 1.96 bits per heavy atom. The average molecular weight is 303 g/mol. The summed E-state index contributed by atoms with van der Waals surface area (Å²) in [6, 6.07) is 15.8. The van der Waals surface area contributed by atoms with Crippen LogP contribution in [0.3, 0.4) is 0 Å². The van der Waals surface area contributed by atoms with Crippen molar-refractivity contribution >= 4 is 17.3 Å². The number of pyridine rings is 3. The second kappa shape index (κ2) is 7.04. The molecule has 0 aliphatic heterocycles. The number of hydrazone groups is 1. The van der Waals surface area contributed by atoms with Crippen LogP contribution in [0.25, 0.3) is 0 Å². The van der Waals surface area contributed by atoms with Crippen molar-refractivity contribution in [3.05, 3.63) is 84.6 Å². The molecule has 0 amide bonds. The Bertz CT molecular complexity index is 804. The number of nitrogens with zero attached hydrogens (tertiary/aromatic N) is 4. The molecular formula is C17H13N5O. The number of anilines is 1. The van der Waals surface area contributed by atoms with Gasteiger partial charge in [-0.25, -0.2) is 4.98 Å². The van der Waals surface area contributed by atoms with E-state index in [9.17, 15) is 4.79 Å². The lowest BCUT2D eigenvalue weighted by molar-refractivity contribution is 0.106. The third-order valence-corrected chi connectivity index (χ3v) is 2.97. The van der Waals surface area contributed by atoms with E-state index in [1.807, 2.05) is 6.07 Å². The summed E-state index contributed by atoms with van der Waals surface area (Å²) in [4.78, 5) is 25.1. The van der Waals surface area contributed by atoms with Crippen molar-refractivity contribution in [1.29, 1.82) is 0 Å². The molecule has 6 heteroatoms. The van der Waals surface area contributed by atoms with Gasteiger partial charge >= 0.3 is 0 Å². The molecule has 0 aliphatic carbocycles. The summed E-state index contributed by atoms with van der Waals surface area (Å²) in [5.74, 6) is 0.225. The van der Waals surface area contributed by atoms with Crippen molar-refractivity contribution in [2.75, 3.05) is 5.43 Å². The van der Waals surface area contributed by atoms with Gasteiger partial charge in [-0.3, -0.25) is 20.2 Å². The minimum absolute atomic E-state index is 0.176. The van der Waals surface area contributed by atoms with Crippen LogP contribution in [0.5, 0.6) is 0 Å². The predicted octanol–water partition coefficient (Wildman–Crippen LogP) is 2.57. The lowest BCUT2D eigenvalue weighted by atomic mass is 10.1. The summed E-state index contributed by atoms with van der Waals surface area (Å²) < 4.78 is 0. The fourth-order valence-electron chi connectivity index (χ4n) is 1.89. The number of rotatable bonds is 5. The average Bonchev–Trinajstić information content (AvgIpc) is 2.64. The van der Waals surface area contributed by atoms with Gasteiger partial charge in [-0.05, 0) is 36.4 Å². The van der Waals surface area contributed by atoms with Gasteiger partial charge in [0.15, 0.2) is 5.71 Å². The third-order valence-electron chi connectivity index (χ3n) is 2.97. The number of nitrogens with one attached hydrogen (secondary N) is 1. The van der Waals surface area contributed by atoms with Gasteiger partial charge in [-0.15, -0.1) is 0 Å². The van der Waals surface area contributed by atoms with Crippen LogP contribution in [-0.2, 0) is 0 Å². The quantitative estimate of drug-likeness (QED) is 0.445. The molecule has 0 aromatic carbocycles. The maximum absolute atomic E-state index is 12.7. The van der Waals surface area contributed by atoms with Crippen LogP contribution in [0.1, 0.15) is 16.2 Å². The standard InChI is InChI=1S/C17H13N5O/c23-17(14-8-2-5-11-19-14)16(13-7-1-4-10-18-13)22-21-15-9-3-6-12-20-15/h1-12H,(H,20,21)/b22-16+. The molecule has 3 aromatic rings. The smallest absolute Gasteiger partial charge is 0.233 e. The Morgan fingerprint density at radius 2 is 1.39 bits per heavy atom. The second-order valence-corrected chi connectivity index (χ2v) is 4.55. The van der Waals surface area contributed by atoms with Gasteiger partial charge < -0.3 is 0 Å². The van der Waals surface area contributed by atoms with E-state index in [2.05, 4.69) is 25.5 Å². The Hall–Kier alpha value is -3.41. The lowest BCUT2D eigenvalue weighted by Gasteiger charge is -2.06. The summed E-state index contributed by atoms with van der Waals surface area (Å²) >= 11 is 0. The Kier molecular flexibility index (Phi) is 4.44. The Balaban J connectivity index is 1.96. The van der Waals surface area contributed by atoms with Crippen molar-refractivity contribution in [1.82, 2.24) is 15.0 Å². The number of hydrogen-bond donors (Lipinski definition) is 1. The minimum atomic E-state index is -0.312. The molecule has 1 N–H and O–H groups in total. The van der Waals surface area contributed by atoms with Crippen LogP contribution in [0.2, 0.25) is 0 Å². The van der Waals surface area contributed by atoms with Crippen LogP contribution in [0.4, 0.5) is 5.82 Å².